The van der Waals surface area contributed by atoms with Crippen molar-refractivity contribution in [3.8, 4) is 0 Å². The van der Waals surface area contributed by atoms with Gasteiger partial charge >= 0.3 is 5.97 Å². The van der Waals surface area contributed by atoms with Crippen molar-refractivity contribution in [1.82, 2.24) is 9.97 Å². The summed E-state index contributed by atoms with van der Waals surface area (Å²) in [6.45, 7) is 3.91. The molecule has 0 radical (unpaired) electrons. The van der Waals surface area contributed by atoms with E-state index in [0.717, 1.165) is 31.2 Å². The zero-order valence-corrected chi connectivity index (χ0v) is 13.6. The average Bonchev–Trinajstić information content (AvgIpc) is 2.49. The second-order valence-corrected chi connectivity index (χ2v) is 5.66. The Bertz CT molecular complexity index is 581. The largest absolute Gasteiger partial charge is 0.463 e. The minimum absolute atomic E-state index is 0.189. The standard InChI is InChI=1S/C16H24N4O3/c1-3-23-14(22)9-8-13-10(2)18-16(17)20-15(13)19-11-4-6-12(21)7-5-11/h8-9,11-12,21H,3-7H2,1-2H3,(H3,17,18,19,20)/b9-8-. The van der Waals surface area contributed by atoms with Crippen LogP contribution in [0, 0.1) is 6.92 Å². The molecular formula is C16H24N4O3. The molecule has 0 spiro atoms. The Morgan fingerprint density at radius 2 is 2.09 bits per heavy atom. The van der Waals surface area contributed by atoms with Crippen molar-refractivity contribution in [2.45, 2.75) is 51.7 Å². The smallest absolute Gasteiger partial charge is 0.330 e. The number of anilines is 2. The summed E-state index contributed by atoms with van der Waals surface area (Å²) in [6.07, 6.45) is 6.06. The van der Waals surface area contributed by atoms with Crippen molar-refractivity contribution in [2.75, 3.05) is 17.7 Å². The van der Waals surface area contributed by atoms with Crippen LogP contribution in [0.15, 0.2) is 6.08 Å². The van der Waals surface area contributed by atoms with E-state index in [9.17, 15) is 9.90 Å². The molecule has 0 aliphatic heterocycles. The lowest BCUT2D eigenvalue weighted by molar-refractivity contribution is -0.137. The summed E-state index contributed by atoms with van der Waals surface area (Å²) < 4.78 is 4.89. The van der Waals surface area contributed by atoms with Crippen LogP contribution in [-0.2, 0) is 9.53 Å². The van der Waals surface area contributed by atoms with Gasteiger partial charge < -0.3 is 20.9 Å². The Morgan fingerprint density at radius 3 is 2.74 bits per heavy atom. The van der Waals surface area contributed by atoms with Gasteiger partial charge in [0.25, 0.3) is 0 Å². The van der Waals surface area contributed by atoms with Crippen LogP contribution in [0.4, 0.5) is 11.8 Å². The fourth-order valence-electron chi connectivity index (χ4n) is 2.67. The first-order chi connectivity index (χ1) is 11.0. The normalized spacial score (nSPS) is 21.3. The lowest BCUT2D eigenvalue weighted by atomic mass is 9.93. The lowest BCUT2D eigenvalue weighted by Crippen LogP contribution is -2.29. The fourth-order valence-corrected chi connectivity index (χ4v) is 2.67. The number of hydrogen-bond acceptors (Lipinski definition) is 7. The molecule has 1 heterocycles. The van der Waals surface area contributed by atoms with Gasteiger partial charge in [0, 0.05) is 17.7 Å². The Hall–Kier alpha value is -2.15. The van der Waals surface area contributed by atoms with E-state index in [0.29, 0.717) is 18.1 Å². The first kappa shape index (κ1) is 17.2. The van der Waals surface area contributed by atoms with Gasteiger partial charge in [-0.1, -0.05) is 0 Å². The highest BCUT2D eigenvalue weighted by molar-refractivity contribution is 5.88. The molecule has 0 unspecified atom stereocenters. The predicted molar refractivity (Wildman–Crippen MR) is 88.7 cm³/mol. The van der Waals surface area contributed by atoms with Gasteiger partial charge in [-0.25, -0.2) is 9.78 Å². The number of aliphatic hydroxyl groups excluding tert-OH is 1. The molecule has 0 saturated heterocycles. The zero-order chi connectivity index (χ0) is 16.8. The minimum atomic E-state index is -0.407. The first-order valence-corrected chi connectivity index (χ1v) is 7.93. The molecule has 1 aliphatic rings. The zero-order valence-electron chi connectivity index (χ0n) is 13.6. The number of carbonyl (C=O) groups excluding carboxylic acids is 1. The van der Waals surface area contributed by atoms with Crippen molar-refractivity contribution in [3.63, 3.8) is 0 Å². The maximum absolute atomic E-state index is 11.5. The number of rotatable bonds is 5. The summed E-state index contributed by atoms with van der Waals surface area (Å²) in [7, 11) is 0. The quantitative estimate of drug-likeness (QED) is 0.559. The molecule has 1 aliphatic carbocycles. The van der Waals surface area contributed by atoms with Crippen LogP contribution < -0.4 is 11.1 Å². The molecule has 1 fully saturated rings. The second kappa shape index (κ2) is 7.92. The summed E-state index contributed by atoms with van der Waals surface area (Å²) in [4.78, 5) is 19.9. The Labute approximate surface area is 136 Å². The van der Waals surface area contributed by atoms with E-state index in [1.165, 1.54) is 6.08 Å². The number of hydrogen-bond donors (Lipinski definition) is 3. The van der Waals surface area contributed by atoms with Crippen molar-refractivity contribution in [2.24, 2.45) is 0 Å². The van der Waals surface area contributed by atoms with Gasteiger partial charge in [0.2, 0.25) is 5.95 Å². The predicted octanol–water partition coefficient (Wildman–Crippen LogP) is 1.66. The molecular weight excluding hydrogens is 296 g/mol. The Morgan fingerprint density at radius 1 is 1.39 bits per heavy atom. The van der Waals surface area contributed by atoms with Crippen molar-refractivity contribution in [1.29, 1.82) is 0 Å². The minimum Gasteiger partial charge on any atom is -0.463 e. The lowest BCUT2D eigenvalue weighted by Gasteiger charge is -2.27. The maximum atomic E-state index is 11.5. The molecule has 7 nitrogen and oxygen atoms in total. The molecule has 1 aromatic rings. The van der Waals surface area contributed by atoms with Gasteiger partial charge in [-0.3, -0.25) is 0 Å². The van der Waals surface area contributed by atoms with Crippen LogP contribution in [-0.4, -0.2) is 39.8 Å². The van der Waals surface area contributed by atoms with Crippen LogP contribution in [0.5, 0.6) is 0 Å². The van der Waals surface area contributed by atoms with E-state index in [-0.39, 0.29) is 18.1 Å². The summed E-state index contributed by atoms with van der Waals surface area (Å²) in [5.41, 5.74) is 7.15. The highest BCUT2D eigenvalue weighted by Gasteiger charge is 2.21. The average molecular weight is 320 g/mol. The van der Waals surface area contributed by atoms with Crippen molar-refractivity contribution in [3.05, 3.63) is 17.3 Å². The first-order valence-electron chi connectivity index (χ1n) is 7.93. The van der Waals surface area contributed by atoms with Crippen molar-refractivity contribution >= 4 is 23.8 Å². The molecule has 126 valence electrons. The van der Waals surface area contributed by atoms with Crippen LogP contribution in [0.3, 0.4) is 0 Å². The van der Waals surface area contributed by atoms with Crippen molar-refractivity contribution < 1.29 is 14.6 Å². The van der Waals surface area contributed by atoms with Gasteiger partial charge in [-0.2, -0.15) is 4.98 Å². The molecule has 1 aromatic heterocycles. The summed E-state index contributed by atoms with van der Waals surface area (Å²) >= 11 is 0. The topological polar surface area (TPSA) is 110 Å². The van der Waals surface area contributed by atoms with E-state index in [2.05, 4.69) is 15.3 Å². The monoisotopic (exact) mass is 320 g/mol. The molecule has 7 heteroatoms. The summed E-state index contributed by atoms with van der Waals surface area (Å²) in [6, 6.07) is 0.224. The fraction of sp³-hybridized carbons (Fsp3) is 0.562. The number of aryl methyl sites for hydroxylation is 1. The molecule has 0 atom stereocenters. The SMILES string of the molecule is CCOC(=O)/C=C\c1c(C)nc(N)nc1NC1CCC(O)CC1. The molecule has 23 heavy (non-hydrogen) atoms. The third kappa shape index (κ3) is 4.92. The number of ether oxygens (including phenoxy) is 1. The van der Waals surface area contributed by atoms with E-state index >= 15 is 0 Å². The number of aliphatic hydroxyl groups is 1. The molecule has 0 bridgehead atoms. The van der Waals surface area contributed by atoms with Crippen LogP contribution in [0.2, 0.25) is 0 Å². The molecule has 1 saturated carbocycles. The van der Waals surface area contributed by atoms with Gasteiger partial charge in [-0.05, 0) is 45.6 Å². The number of esters is 1. The Kier molecular flexibility index (Phi) is 5.92. The number of carbonyl (C=O) groups is 1. The second-order valence-electron chi connectivity index (χ2n) is 5.66. The molecule has 2 rings (SSSR count). The van der Waals surface area contributed by atoms with Gasteiger partial charge in [0.1, 0.15) is 5.82 Å². The van der Waals surface area contributed by atoms with E-state index in [1.54, 1.807) is 13.0 Å². The third-order valence-corrected chi connectivity index (χ3v) is 3.86. The number of nitrogens with one attached hydrogen (secondary N) is 1. The van der Waals surface area contributed by atoms with E-state index < -0.39 is 5.97 Å². The summed E-state index contributed by atoms with van der Waals surface area (Å²) in [5, 5.41) is 13.0. The number of nitrogen functional groups attached to an aromatic ring is 1. The highest BCUT2D eigenvalue weighted by atomic mass is 16.5. The van der Waals surface area contributed by atoms with Crippen LogP contribution >= 0.6 is 0 Å². The number of aromatic nitrogens is 2. The van der Waals surface area contributed by atoms with E-state index in [1.807, 2.05) is 6.92 Å². The third-order valence-electron chi connectivity index (χ3n) is 3.86. The number of nitrogens with two attached hydrogens (primary N) is 1. The molecule has 4 N–H and O–H groups in total. The maximum Gasteiger partial charge on any atom is 0.330 e. The molecule has 0 aromatic carbocycles. The van der Waals surface area contributed by atoms with Crippen LogP contribution in [0.25, 0.3) is 6.08 Å². The summed E-state index contributed by atoms with van der Waals surface area (Å²) in [5.74, 6) is 0.390. The molecule has 0 amide bonds. The van der Waals surface area contributed by atoms with E-state index in [4.69, 9.17) is 10.5 Å². The number of nitrogens with zero attached hydrogens (tertiary/aromatic N) is 2. The van der Waals surface area contributed by atoms with Crippen LogP contribution in [0.1, 0.15) is 43.9 Å². The van der Waals surface area contributed by atoms with Gasteiger partial charge in [-0.15, -0.1) is 0 Å². The van der Waals surface area contributed by atoms with Gasteiger partial charge in [0.05, 0.1) is 18.4 Å². The highest BCUT2D eigenvalue weighted by Crippen LogP contribution is 2.25. The van der Waals surface area contributed by atoms with Gasteiger partial charge in [0.15, 0.2) is 0 Å². The Balaban J connectivity index is 2.18.